The second-order valence-corrected chi connectivity index (χ2v) is 4.61. The van der Waals surface area contributed by atoms with Gasteiger partial charge in [-0.3, -0.25) is 4.79 Å². The molecule has 0 atom stereocenters. The third kappa shape index (κ3) is 3.73. The molecule has 0 aliphatic heterocycles. The molecule has 22 heavy (non-hydrogen) atoms. The van der Waals surface area contributed by atoms with Crippen LogP contribution in [0.3, 0.4) is 0 Å². The fourth-order valence-electron chi connectivity index (χ4n) is 2.05. The number of anilines is 1. The molecule has 0 radical (unpaired) electrons. The van der Waals surface area contributed by atoms with Crippen LogP contribution < -0.4 is 15.8 Å². The monoisotopic (exact) mass is 302 g/mol. The van der Waals surface area contributed by atoms with E-state index in [0.29, 0.717) is 18.0 Å². The minimum atomic E-state index is -0.454. The number of fused-ring (bicyclic) bond motifs is 1. The van der Waals surface area contributed by atoms with Crippen molar-refractivity contribution in [1.29, 1.82) is 0 Å². The van der Waals surface area contributed by atoms with Crippen molar-refractivity contribution in [2.75, 3.05) is 25.6 Å². The number of methoxy groups -OCH3 is 1. The predicted octanol–water partition coefficient (Wildman–Crippen LogP) is 1.68. The summed E-state index contributed by atoms with van der Waals surface area (Å²) in [5.41, 5.74) is 6.06. The fraction of sp³-hybridized carbons (Fsp3) is 0.250. The lowest BCUT2D eigenvalue weighted by Crippen LogP contribution is -2.16. The first kappa shape index (κ1) is 15.8. The van der Waals surface area contributed by atoms with E-state index in [0.717, 1.165) is 10.8 Å². The van der Waals surface area contributed by atoms with Crippen LogP contribution in [0.25, 0.3) is 10.8 Å². The molecule has 0 unspecified atom stereocenters. The quantitative estimate of drug-likeness (QED) is 0.792. The van der Waals surface area contributed by atoms with Crippen molar-refractivity contribution in [3.8, 4) is 5.75 Å². The highest BCUT2D eigenvalue weighted by molar-refractivity contribution is 6.04. The maximum absolute atomic E-state index is 11.7. The van der Waals surface area contributed by atoms with Crippen LogP contribution >= 0.6 is 0 Å². The summed E-state index contributed by atoms with van der Waals surface area (Å²) in [7, 11) is 1.31. The lowest BCUT2D eigenvalue weighted by molar-refractivity contribution is -0.142. The van der Waals surface area contributed by atoms with Crippen LogP contribution in [0.2, 0.25) is 0 Å². The molecule has 0 aliphatic carbocycles. The van der Waals surface area contributed by atoms with Gasteiger partial charge in [0.25, 0.3) is 0 Å². The SMILES string of the molecule is COC(=O)COc1ccc(NC(=O)CCN)c2ccccc12. The molecule has 0 saturated heterocycles. The normalized spacial score (nSPS) is 10.3. The number of esters is 1. The Balaban J connectivity index is 2.30. The van der Waals surface area contributed by atoms with Gasteiger partial charge in [-0.05, 0) is 12.1 Å². The topological polar surface area (TPSA) is 90.6 Å². The summed E-state index contributed by atoms with van der Waals surface area (Å²) in [5, 5.41) is 4.45. The van der Waals surface area contributed by atoms with Gasteiger partial charge in [0.2, 0.25) is 5.91 Å². The zero-order valence-electron chi connectivity index (χ0n) is 12.3. The Hall–Kier alpha value is -2.60. The molecule has 0 bridgehead atoms. The maximum Gasteiger partial charge on any atom is 0.343 e. The van der Waals surface area contributed by atoms with Gasteiger partial charge in [0.05, 0.1) is 7.11 Å². The molecule has 0 spiro atoms. The first-order valence-electron chi connectivity index (χ1n) is 6.87. The van der Waals surface area contributed by atoms with Gasteiger partial charge in [0.15, 0.2) is 6.61 Å². The highest BCUT2D eigenvalue weighted by Crippen LogP contribution is 2.31. The second kappa shape index (κ2) is 7.42. The molecule has 0 aliphatic rings. The van der Waals surface area contributed by atoms with Crippen LogP contribution in [0.5, 0.6) is 5.75 Å². The zero-order valence-corrected chi connectivity index (χ0v) is 12.3. The van der Waals surface area contributed by atoms with E-state index >= 15 is 0 Å². The summed E-state index contributed by atoms with van der Waals surface area (Å²) in [6.45, 7) is 0.128. The molecule has 2 aromatic carbocycles. The number of nitrogens with one attached hydrogen (secondary N) is 1. The number of ether oxygens (including phenoxy) is 2. The highest BCUT2D eigenvalue weighted by atomic mass is 16.6. The molecule has 0 heterocycles. The lowest BCUT2D eigenvalue weighted by atomic mass is 10.1. The molecule has 1 amide bonds. The van der Waals surface area contributed by atoms with E-state index in [2.05, 4.69) is 10.1 Å². The van der Waals surface area contributed by atoms with E-state index < -0.39 is 5.97 Å². The van der Waals surface area contributed by atoms with Gasteiger partial charge in [-0.25, -0.2) is 4.79 Å². The Kier molecular flexibility index (Phi) is 5.32. The van der Waals surface area contributed by atoms with Crippen LogP contribution in [-0.4, -0.2) is 32.1 Å². The van der Waals surface area contributed by atoms with Crippen molar-refractivity contribution < 1.29 is 19.1 Å². The first-order valence-corrected chi connectivity index (χ1v) is 6.87. The number of carbonyl (C=O) groups is 2. The number of nitrogens with two attached hydrogens (primary N) is 1. The highest BCUT2D eigenvalue weighted by Gasteiger charge is 2.10. The van der Waals surface area contributed by atoms with Gasteiger partial charge in [-0.1, -0.05) is 24.3 Å². The Morgan fingerprint density at radius 3 is 2.55 bits per heavy atom. The molecule has 0 aromatic heterocycles. The molecular weight excluding hydrogens is 284 g/mol. The van der Waals surface area contributed by atoms with E-state index in [1.807, 2.05) is 24.3 Å². The number of amides is 1. The summed E-state index contributed by atoms with van der Waals surface area (Å²) < 4.78 is 10.0. The van der Waals surface area contributed by atoms with Crippen molar-refractivity contribution in [1.82, 2.24) is 0 Å². The van der Waals surface area contributed by atoms with Crippen LogP contribution in [0, 0.1) is 0 Å². The van der Waals surface area contributed by atoms with Crippen molar-refractivity contribution in [3.05, 3.63) is 36.4 Å². The van der Waals surface area contributed by atoms with Crippen molar-refractivity contribution in [2.24, 2.45) is 5.73 Å². The van der Waals surface area contributed by atoms with Crippen LogP contribution in [-0.2, 0) is 14.3 Å². The van der Waals surface area contributed by atoms with Crippen molar-refractivity contribution in [3.63, 3.8) is 0 Å². The van der Waals surface area contributed by atoms with E-state index in [-0.39, 0.29) is 18.9 Å². The largest absolute Gasteiger partial charge is 0.481 e. The second-order valence-electron chi connectivity index (χ2n) is 4.61. The minimum Gasteiger partial charge on any atom is -0.481 e. The third-order valence-electron chi connectivity index (χ3n) is 3.10. The number of benzene rings is 2. The van der Waals surface area contributed by atoms with Gasteiger partial charge in [-0.2, -0.15) is 0 Å². The van der Waals surface area contributed by atoms with Crippen LogP contribution in [0.1, 0.15) is 6.42 Å². The predicted molar refractivity (Wildman–Crippen MR) is 83.8 cm³/mol. The Morgan fingerprint density at radius 2 is 1.86 bits per heavy atom. The average molecular weight is 302 g/mol. The van der Waals surface area contributed by atoms with Crippen molar-refractivity contribution in [2.45, 2.75) is 6.42 Å². The Labute approximate surface area is 128 Å². The molecule has 0 fully saturated rings. The molecule has 116 valence electrons. The molecule has 6 heteroatoms. The summed E-state index contributed by atoms with van der Waals surface area (Å²) in [6.07, 6.45) is 0.259. The molecule has 3 N–H and O–H groups in total. The number of carbonyl (C=O) groups excluding carboxylic acids is 2. The molecule has 0 saturated carbocycles. The van der Waals surface area contributed by atoms with Crippen molar-refractivity contribution >= 4 is 28.3 Å². The van der Waals surface area contributed by atoms with Gasteiger partial charge in [0, 0.05) is 29.4 Å². The number of rotatable bonds is 6. The average Bonchev–Trinajstić information content (AvgIpc) is 2.54. The Morgan fingerprint density at radius 1 is 1.14 bits per heavy atom. The zero-order chi connectivity index (χ0) is 15.9. The summed E-state index contributed by atoms with van der Waals surface area (Å²) in [5.74, 6) is -0.0434. The third-order valence-corrected chi connectivity index (χ3v) is 3.10. The summed E-state index contributed by atoms with van der Waals surface area (Å²) >= 11 is 0. The van der Waals surface area contributed by atoms with Gasteiger partial charge >= 0.3 is 5.97 Å². The lowest BCUT2D eigenvalue weighted by Gasteiger charge is -2.12. The first-order chi connectivity index (χ1) is 10.7. The summed E-state index contributed by atoms with van der Waals surface area (Å²) in [4.78, 5) is 22.9. The smallest absolute Gasteiger partial charge is 0.343 e. The van der Waals surface area contributed by atoms with Gasteiger partial charge < -0.3 is 20.5 Å². The standard InChI is InChI=1S/C16H18N2O4/c1-21-16(20)10-22-14-7-6-13(18-15(19)8-9-17)11-4-2-3-5-12(11)14/h2-7H,8-10,17H2,1H3,(H,18,19). The molecule has 6 nitrogen and oxygen atoms in total. The molecule has 2 aromatic rings. The fourth-order valence-corrected chi connectivity index (χ4v) is 2.05. The van der Waals surface area contributed by atoms with E-state index in [1.54, 1.807) is 12.1 Å². The van der Waals surface area contributed by atoms with E-state index in [9.17, 15) is 9.59 Å². The van der Waals surface area contributed by atoms with Gasteiger partial charge in [0.1, 0.15) is 5.75 Å². The van der Waals surface area contributed by atoms with E-state index in [4.69, 9.17) is 10.5 Å². The van der Waals surface area contributed by atoms with Crippen LogP contribution in [0.4, 0.5) is 5.69 Å². The van der Waals surface area contributed by atoms with E-state index in [1.165, 1.54) is 7.11 Å². The number of hydrogen-bond acceptors (Lipinski definition) is 5. The Bertz CT molecular complexity index is 685. The van der Waals surface area contributed by atoms with Crippen LogP contribution in [0.15, 0.2) is 36.4 Å². The minimum absolute atomic E-state index is 0.143. The molecule has 2 rings (SSSR count). The molecular formula is C16H18N2O4. The summed E-state index contributed by atoms with van der Waals surface area (Å²) in [6, 6.07) is 10.9. The van der Waals surface area contributed by atoms with Gasteiger partial charge in [-0.15, -0.1) is 0 Å². The maximum atomic E-state index is 11.7. The number of hydrogen-bond donors (Lipinski definition) is 2.